The van der Waals surface area contributed by atoms with Gasteiger partial charge in [-0.1, -0.05) is 13.8 Å². The van der Waals surface area contributed by atoms with Crippen LogP contribution in [0.15, 0.2) is 18.2 Å². The van der Waals surface area contributed by atoms with Crippen molar-refractivity contribution in [1.82, 2.24) is 0 Å². The van der Waals surface area contributed by atoms with Gasteiger partial charge in [0.2, 0.25) is 5.91 Å². The molecule has 1 atom stereocenters. The lowest BCUT2D eigenvalue weighted by atomic mass is 9.88. The van der Waals surface area contributed by atoms with Crippen LogP contribution in [0.1, 0.15) is 27.2 Å². The van der Waals surface area contributed by atoms with Crippen molar-refractivity contribution >= 4 is 17.3 Å². The number of hydrogen-bond acceptors (Lipinski definition) is 3. The summed E-state index contributed by atoms with van der Waals surface area (Å²) in [6.07, 6.45) is 0.830. The van der Waals surface area contributed by atoms with Crippen molar-refractivity contribution in [2.75, 3.05) is 23.8 Å². The van der Waals surface area contributed by atoms with Gasteiger partial charge in [0, 0.05) is 24.6 Å². The van der Waals surface area contributed by atoms with Gasteiger partial charge in [0.1, 0.15) is 5.82 Å². The Morgan fingerprint density at radius 2 is 2.16 bits per heavy atom. The van der Waals surface area contributed by atoms with Gasteiger partial charge >= 0.3 is 0 Å². The minimum Gasteiger partial charge on any atom is -0.396 e. The van der Waals surface area contributed by atoms with Gasteiger partial charge in [-0.05, 0) is 24.6 Å². The number of rotatable bonds is 6. The van der Waals surface area contributed by atoms with E-state index in [0.717, 1.165) is 6.42 Å². The minimum absolute atomic E-state index is 0.0796. The average Bonchev–Trinajstić information content (AvgIpc) is 2.39. The Bertz CT molecular complexity index is 445. The third kappa shape index (κ3) is 4.52. The fourth-order valence-corrected chi connectivity index (χ4v) is 1.53. The van der Waals surface area contributed by atoms with E-state index in [2.05, 4.69) is 10.6 Å². The normalized spacial score (nSPS) is 13.7. The summed E-state index contributed by atoms with van der Waals surface area (Å²) in [7, 11) is 0. The monoisotopic (exact) mass is 268 g/mol. The SMILES string of the molecule is CCC(C)(CO)CNc1ccc(F)c(NC(C)=O)c1. The van der Waals surface area contributed by atoms with Crippen LogP contribution in [-0.2, 0) is 4.79 Å². The van der Waals surface area contributed by atoms with Crippen LogP contribution in [-0.4, -0.2) is 24.2 Å². The molecule has 5 heteroatoms. The molecule has 1 aromatic rings. The molecule has 1 unspecified atom stereocenters. The molecular weight excluding hydrogens is 247 g/mol. The second-order valence-electron chi connectivity index (χ2n) is 5.05. The smallest absolute Gasteiger partial charge is 0.221 e. The third-order valence-electron chi connectivity index (χ3n) is 3.23. The molecule has 0 aliphatic heterocycles. The second-order valence-corrected chi connectivity index (χ2v) is 5.05. The summed E-state index contributed by atoms with van der Waals surface area (Å²) < 4.78 is 13.5. The molecule has 0 spiro atoms. The Labute approximate surface area is 113 Å². The lowest BCUT2D eigenvalue weighted by molar-refractivity contribution is -0.114. The van der Waals surface area contributed by atoms with Crippen LogP contribution >= 0.6 is 0 Å². The molecule has 1 rings (SSSR count). The van der Waals surface area contributed by atoms with Crippen LogP contribution in [0.25, 0.3) is 0 Å². The van der Waals surface area contributed by atoms with Crippen LogP contribution in [0.2, 0.25) is 0 Å². The zero-order valence-corrected chi connectivity index (χ0v) is 11.6. The Kier molecular flexibility index (Phi) is 5.30. The van der Waals surface area contributed by atoms with Crippen molar-refractivity contribution in [3.63, 3.8) is 0 Å². The van der Waals surface area contributed by atoms with E-state index >= 15 is 0 Å². The van der Waals surface area contributed by atoms with Crippen molar-refractivity contribution in [3.8, 4) is 0 Å². The number of carbonyl (C=O) groups excluding carboxylic acids is 1. The first-order valence-electron chi connectivity index (χ1n) is 6.32. The number of nitrogens with one attached hydrogen (secondary N) is 2. The molecule has 0 heterocycles. The summed E-state index contributed by atoms with van der Waals surface area (Å²) >= 11 is 0. The van der Waals surface area contributed by atoms with Gasteiger partial charge in [-0.15, -0.1) is 0 Å². The van der Waals surface area contributed by atoms with E-state index in [4.69, 9.17) is 0 Å². The topological polar surface area (TPSA) is 61.4 Å². The Hall–Kier alpha value is -1.62. The Balaban J connectivity index is 2.77. The fourth-order valence-electron chi connectivity index (χ4n) is 1.53. The number of halogens is 1. The van der Waals surface area contributed by atoms with Crippen molar-refractivity contribution in [3.05, 3.63) is 24.0 Å². The summed E-state index contributed by atoms with van der Waals surface area (Å²) in [6.45, 7) is 5.96. The highest BCUT2D eigenvalue weighted by Gasteiger charge is 2.20. The van der Waals surface area contributed by atoms with Crippen molar-refractivity contribution < 1.29 is 14.3 Å². The number of aliphatic hydroxyl groups excluding tert-OH is 1. The summed E-state index contributed by atoms with van der Waals surface area (Å²) in [5, 5.41) is 14.9. The number of hydrogen-bond donors (Lipinski definition) is 3. The molecule has 0 saturated heterocycles. The van der Waals surface area contributed by atoms with Gasteiger partial charge in [0.25, 0.3) is 0 Å². The molecule has 106 valence electrons. The number of anilines is 2. The van der Waals surface area contributed by atoms with E-state index in [1.807, 2.05) is 13.8 Å². The molecule has 0 radical (unpaired) electrons. The van der Waals surface area contributed by atoms with Gasteiger partial charge in [0.15, 0.2) is 0 Å². The number of aliphatic hydroxyl groups is 1. The maximum Gasteiger partial charge on any atom is 0.221 e. The average molecular weight is 268 g/mol. The molecule has 0 bridgehead atoms. The van der Waals surface area contributed by atoms with Crippen molar-refractivity contribution in [2.24, 2.45) is 5.41 Å². The first-order chi connectivity index (χ1) is 8.90. The van der Waals surface area contributed by atoms with Crippen LogP contribution in [0.4, 0.5) is 15.8 Å². The van der Waals surface area contributed by atoms with Gasteiger partial charge in [-0.25, -0.2) is 4.39 Å². The molecule has 3 N–H and O–H groups in total. The summed E-state index contributed by atoms with van der Waals surface area (Å²) in [6, 6.07) is 4.45. The van der Waals surface area contributed by atoms with E-state index < -0.39 is 5.82 Å². The van der Waals surface area contributed by atoms with Crippen LogP contribution in [0.5, 0.6) is 0 Å². The zero-order valence-electron chi connectivity index (χ0n) is 11.6. The van der Waals surface area contributed by atoms with Crippen molar-refractivity contribution in [1.29, 1.82) is 0 Å². The molecule has 0 aliphatic carbocycles. The first-order valence-corrected chi connectivity index (χ1v) is 6.32. The van der Waals surface area contributed by atoms with E-state index in [1.54, 1.807) is 12.1 Å². The molecule has 0 aliphatic rings. The van der Waals surface area contributed by atoms with Gasteiger partial charge in [-0.3, -0.25) is 4.79 Å². The molecule has 4 nitrogen and oxygen atoms in total. The van der Waals surface area contributed by atoms with Gasteiger partial charge in [-0.2, -0.15) is 0 Å². The number of carbonyl (C=O) groups is 1. The molecular formula is C14H21FN2O2. The van der Waals surface area contributed by atoms with Gasteiger partial charge < -0.3 is 15.7 Å². The molecule has 0 aromatic heterocycles. The first kappa shape index (κ1) is 15.4. The summed E-state index contributed by atoms with van der Waals surface area (Å²) in [4.78, 5) is 11.0. The summed E-state index contributed by atoms with van der Waals surface area (Å²) in [5.41, 5.74) is 0.640. The predicted molar refractivity (Wildman–Crippen MR) is 74.7 cm³/mol. The van der Waals surface area contributed by atoms with Gasteiger partial charge in [0.05, 0.1) is 12.3 Å². The number of benzene rings is 1. The van der Waals surface area contributed by atoms with Crippen LogP contribution < -0.4 is 10.6 Å². The quantitative estimate of drug-likeness (QED) is 0.743. The number of amides is 1. The summed E-state index contributed by atoms with van der Waals surface area (Å²) in [5.74, 6) is -0.786. The molecule has 19 heavy (non-hydrogen) atoms. The molecule has 1 amide bonds. The highest BCUT2D eigenvalue weighted by Crippen LogP contribution is 2.23. The third-order valence-corrected chi connectivity index (χ3v) is 3.23. The van der Waals surface area contributed by atoms with E-state index in [0.29, 0.717) is 12.2 Å². The lowest BCUT2D eigenvalue weighted by Gasteiger charge is -2.26. The molecule has 0 fully saturated rings. The minimum atomic E-state index is -0.471. The van der Waals surface area contributed by atoms with Crippen molar-refractivity contribution in [2.45, 2.75) is 27.2 Å². The highest BCUT2D eigenvalue weighted by molar-refractivity contribution is 5.89. The second kappa shape index (κ2) is 6.52. The van der Waals surface area contributed by atoms with E-state index in [-0.39, 0.29) is 23.6 Å². The van der Waals surface area contributed by atoms with E-state index in [1.165, 1.54) is 13.0 Å². The highest BCUT2D eigenvalue weighted by atomic mass is 19.1. The predicted octanol–water partition coefficient (Wildman–Crippen LogP) is 2.60. The maximum absolute atomic E-state index is 13.5. The molecule has 1 aromatic carbocycles. The van der Waals surface area contributed by atoms with Crippen LogP contribution in [0.3, 0.4) is 0 Å². The maximum atomic E-state index is 13.5. The van der Waals surface area contributed by atoms with E-state index in [9.17, 15) is 14.3 Å². The zero-order chi connectivity index (χ0) is 14.5. The standard InChI is InChI=1S/C14H21FN2O2/c1-4-14(3,9-18)8-16-11-5-6-12(15)13(7-11)17-10(2)19/h5-7,16,18H,4,8-9H2,1-3H3,(H,17,19). The lowest BCUT2D eigenvalue weighted by Crippen LogP contribution is -2.29. The molecule has 0 saturated carbocycles. The van der Waals surface area contributed by atoms with Crippen LogP contribution in [0, 0.1) is 11.2 Å². The fraction of sp³-hybridized carbons (Fsp3) is 0.500. The largest absolute Gasteiger partial charge is 0.396 e. The Morgan fingerprint density at radius 3 is 2.68 bits per heavy atom. The Morgan fingerprint density at radius 1 is 1.47 bits per heavy atom.